The Labute approximate surface area is 184 Å². The maximum atomic E-state index is 12.2. The second kappa shape index (κ2) is 9.65. The van der Waals surface area contributed by atoms with Crippen molar-refractivity contribution in [3.63, 3.8) is 0 Å². The molecule has 0 saturated carbocycles. The van der Waals surface area contributed by atoms with Crippen LogP contribution in [0.25, 0.3) is 17.4 Å². The number of halogens is 2. The van der Waals surface area contributed by atoms with Crippen molar-refractivity contribution in [2.45, 2.75) is 13.8 Å². The largest absolute Gasteiger partial charge is 0.457 e. The molecule has 30 heavy (non-hydrogen) atoms. The Morgan fingerprint density at radius 2 is 1.67 bits per heavy atom. The van der Waals surface area contributed by atoms with E-state index in [0.717, 1.165) is 0 Å². The lowest BCUT2D eigenvalue weighted by atomic mass is 10.2. The summed E-state index contributed by atoms with van der Waals surface area (Å²) in [6, 6.07) is 15.7. The summed E-state index contributed by atoms with van der Waals surface area (Å²) in [6.07, 6.45) is 2.92. The Hall–Kier alpha value is -3.02. The second-order valence-electron chi connectivity index (χ2n) is 6.85. The Morgan fingerprint density at radius 3 is 2.40 bits per heavy atom. The average molecular weight is 443 g/mol. The molecule has 2 aromatic carbocycles. The van der Waals surface area contributed by atoms with Gasteiger partial charge in [-0.05, 0) is 48.5 Å². The number of carbonyl (C=O) groups is 2. The van der Waals surface area contributed by atoms with Gasteiger partial charge in [0.15, 0.2) is 0 Å². The van der Waals surface area contributed by atoms with E-state index >= 15 is 0 Å². The number of nitrogens with one attached hydrogen (secondary N) is 2. The summed E-state index contributed by atoms with van der Waals surface area (Å²) in [5, 5.41) is 6.40. The summed E-state index contributed by atoms with van der Waals surface area (Å²) in [6.45, 7) is 3.62. The van der Waals surface area contributed by atoms with Crippen LogP contribution in [0.15, 0.2) is 65.1 Å². The summed E-state index contributed by atoms with van der Waals surface area (Å²) in [5.41, 5.74) is 1.86. The average Bonchev–Trinajstić information content (AvgIpc) is 3.17. The first-order chi connectivity index (χ1) is 14.3. The fourth-order valence-corrected chi connectivity index (χ4v) is 2.98. The molecule has 0 aliphatic carbocycles. The molecule has 0 radical (unpaired) electrons. The van der Waals surface area contributed by atoms with Crippen molar-refractivity contribution in [3.05, 3.63) is 76.5 Å². The molecule has 0 saturated heterocycles. The van der Waals surface area contributed by atoms with E-state index in [2.05, 4.69) is 10.6 Å². The van der Waals surface area contributed by atoms with Crippen molar-refractivity contribution >= 4 is 52.5 Å². The molecule has 154 valence electrons. The third-order valence-corrected chi connectivity index (χ3v) is 4.98. The van der Waals surface area contributed by atoms with E-state index < -0.39 is 0 Å². The smallest absolute Gasteiger partial charge is 0.248 e. The first-order valence-corrected chi connectivity index (χ1v) is 10.0. The molecular weight excluding hydrogens is 423 g/mol. The van der Waals surface area contributed by atoms with Crippen LogP contribution in [-0.2, 0) is 9.59 Å². The van der Waals surface area contributed by atoms with Crippen molar-refractivity contribution in [2.75, 3.05) is 10.6 Å². The molecule has 2 amide bonds. The lowest BCUT2D eigenvalue weighted by molar-refractivity contribution is -0.119. The number of amides is 2. The molecule has 0 aliphatic heterocycles. The maximum Gasteiger partial charge on any atom is 0.248 e. The van der Waals surface area contributed by atoms with Crippen LogP contribution >= 0.6 is 23.2 Å². The SMILES string of the molecule is CC(C)C(=O)Nc1cccc(NC(=O)C=Cc2ccc(-c3cccc(Cl)c3Cl)o2)c1. The number of furan rings is 1. The van der Waals surface area contributed by atoms with E-state index in [1.54, 1.807) is 60.7 Å². The van der Waals surface area contributed by atoms with Gasteiger partial charge in [0.25, 0.3) is 0 Å². The number of hydrogen-bond donors (Lipinski definition) is 2. The highest BCUT2D eigenvalue weighted by Crippen LogP contribution is 2.34. The van der Waals surface area contributed by atoms with Crippen LogP contribution in [0.1, 0.15) is 19.6 Å². The van der Waals surface area contributed by atoms with Gasteiger partial charge < -0.3 is 15.1 Å². The van der Waals surface area contributed by atoms with E-state index in [1.807, 2.05) is 13.8 Å². The van der Waals surface area contributed by atoms with E-state index in [0.29, 0.717) is 38.5 Å². The Kier molecular flexibility index (Phi) is 6.98. The molecular formula is C23H20Cl2N2O3. The number of rotatable bonds is 6. The summed E-state index contributed by atoms with van der Waals surface area (Å²) in [4.78, 5) is 24.1. The predicted molar refractivity (Wildman–Crippen MR) is 122 cm³/mol. The van der Waals surface area contributed by atoms with Crippen LogP contribution in [0.2, 0.25) is 10.0 Å². The van der Waals surface area contributed by atoms with E-state index in [-0.39, 0.29) is 17.7 Å². The van der Waals surface area contributed by atoms with Crippen molar-refractivity contribution in [1.82, 2.24) is 0 Å². The summed E-state index contributed by atoms with van der Waals surface area (Å²) in [5.74, 6) is 0.490. The molecule has 0 atom stereocenters. The Balaban J connectivity index is 1.65. The topological polar surface area (TPSA) is 71.3 Å². The molecule has 2 N–H and O–H groups in total. The molecule has 0 fully saturated rings. The Bertz CT molecular complexity index is 1100. The minimum Gasteiger partial charge on any atom is -0.457 e. The molecule has 7 heteroatoms. The zero-order valence-corrected chi connectivity index (χ0v) is 17.9. The number of carbonyl (C=O) groups excluding carboxylic acids is 2. The molecule has 3 rings (SSSR count). The first-order valence-electron chi connectivity index (χ1n) is 9.27. The predicted octanol–water partition coefficient (Wildman–Crippen LogP) is 6.50. The maximum absolute atomic E-state index is 12.2. The van der Waals surface area contributed by atoms with Gasteiger partial charge in [0.2, 0.25) is 11.8 Å². The molecule has 0 bridgehead atoms. The standard InChI is InChI=1S/C23H20Cl2N2O3/c1-14(2)23(29)27-16-6-3-5-15(13-16)26-21(28)12-10-17-9-11-20(30-17)18-7-4-8-19(24)22(18)25/h3-14H,1-2H3,(H,26,28)(H,27,29). The van der Waals surface area contributed by atoms with E-state index in [9.17, 15) is 9.59 Å². The lowest BCUT2D eigenvalue weighted by Crippen LogP contribution is -2.17. The van der Waals surface area contributed by atoms with Crippen LogP contribution in [0.4, 0.5) is 11.4 Å². The number of hydrogen-bond acceptors (Lipinski definition) is 3. The van der Waals surface area contributed by atoms with Gasteiger partial charge in [-0.15, -0.1) is 0 Å². The molecule has 3 aromatic rings. The van der Waals surface area contributed by atoms with E-state index in [1.165, 1.54) is 6.08 Å². The van der Waals surface area contributed by atoms with Gasteiger partial charge in [-0.25, -0.2) is 0 Å². The van der Waals surface area contributed by atoms with Gasteiger partial charge >= 0.3 is 0 Å². The fraction of sp³-hybridized carbons (Fsp3) is 0.130. The van der Waals surface area contributed by atoms with Crippen LogP contribution in [0.3, 0.4) is 0 Å². The summed E-state index contributed by atoms with van der Waals surface area (Å²) < 4.78 is 5.73. The van der Waals surface area contributed by atoms with Crippen molar-refractivity contribution in [2.24, 2.45) is 5.92 Å². The van der Waals surface area contributed by atoms with Gasteiger partial charge in [-0.3, -0.25) is 9.59 Å². The third kappa shape index (κ3) is 5.53. The normalized spacial score (nSPS) is 11.1. The molecule has 0 unspecified atom stereocenters. The minimum atomic E-state index is -0.332. The molecule has 5 nitrogen and oxygen atoms in total. The number of benzene rings is 2. The number of anilines is 2. The summed E-state index contributed by atoms with van der Waals surface area (Å²) in [7, 11) is 0. The van der Waals surface area contributed by atoms with Gasteiger partial charge in [0.05, 0.1) is 10.0 Å². The zero-order chi connectivity index (χ0) is 21.7. The van der Waals surface area contributed by atoms with Crippen LogP contribution in [0.5, 0.6) is 0 Å². The van der Waals surface area contributed by atoms with Crippen molar-refractivity contribution in [3.8, 4) is 11.3 Å². The molecule has 0 spiro atoms. The van der Waals surface area contributed by atoms with Gasteiger partial charge in [0, 0.05) is 28.9 Å². The van der Waals surface area contributed by atoms with Gasteiger partial charge in [0.1, 0.15) is 11.5 Å². The Morgan fingerprint density at radius 1 is 0.967 bits per heavy atom. The van der Waals surface area contributed by atoms with Crippen LogP contribution in [-0.4, -0.2) is 11.8 Å². The fourth-order valence-electron chi connectivity index (χ4n) is 2.58. The van der Waals surface area contributed by atoms with Gasteiger partial charge in [-0.2, -0.15) is 0 Å². The highest BCUT2D eigenvalue weighted by molar-refractivity contribution is 6.43. The molecule has 0 aliphatic rings. The summed E-state index contributed by atoms with van der Waals surface area (Å²) >= 11 is 12.3. The van der Waals surface area contributed by atoms with Crippen molar-refractivity contribution in [1.29, 1.82) is 0 Å². The monoisotopic (exact) mass is 442 g/mol. The van der Waals surface area contributed by atoms with Crippen molar-refractivity contribution < 1.29 is 14.0 Å². The van der Waals surface area contributed by atoms with E-state index in [4.69, 9.17) is 27.6 Å². The van der Waals surface area contributed by atoms with Gasteiger partial charge in [-0.1, -0.05) is 49.2 Å². The minimum absolute atomic E-state index is 0.0909. The molecule has 1 heterocycles. The first kappa shape index (κ1) is 21.7. The second-order valence-corrected chi connectivity index (χ2v) is 7.64. The zero-order valence-electron chi connectivity index (χ0n) is 16.4. The highest BCUT2D eigenvalue weighted by Gasteiger charge is 2.11. The quantitative estimate of drug-likeness (QED) is 0.427. The highest BCUT2D eigenvalue weighted by atomic mass is 35.5. The lowest BCUT2D eigenvalue weighted by Gasteiger charge is -2.09. The molecule has 1 aromatic heterocycles. The van der Waals surface area contributed by atoms with Crippen LogP contribution in [0, 0.1) is 5.92 Å². The third-order valence-electron chi connectivity index (χ3n) is 4.16. The van der Waals surface area contributed by atoms with Crippen LogP contribution < -0.4 is 10.6 Å².